The molecule has 0 aliphatic carbocycles. The molecule has 0 spiro atoms. The summed E-state index contributed by atoms with van der Waals surface area (Å²) in [5, 5.41) is 19.9. The molecule has 3 saturated heterocycles. The molecule has 3 aromatic carbocycles. The number of nitrogens with zero attached hydrogens (tertiary/aromatic N) is 9. The lowest BCUT2D eigenvalue weighted by Crippen LogP contribution is -2.55. The van der Waals surface area contributed by atoms with Gasteiger partial charge in [0.15, 0.2) is 0 Å². The first-order valence-electron chi connectivity index (χ1n) is 27.7. The number of benzene rings is 3. The number of carbonyl (C=O) groups excluding carboxylic acids is 3. The Morgan fingerprint density at radius 2 is 0.691 bits per heavy atom. The molecule has 24 nitrogen and oxygen atoms in total. The zero-order valence-electron chi connectivity index (χ0n) is 49.6. The van der Waals surface area contributed by atoms with Crippen LogP contribution in [0.4, 0.5) is 30.2 Å². The van der Waals surface area contributed by atoms with Crippen molar-refractivity contribution in [2.45, 2.75) is 62.9 Å². The van der Waals surface area contributed by atoms with Crippen LogP contribution in [0, 0.1) is 17.5 Å². The number of likely N-dealkylation sites (N-methyl/N-ethyl adjacent to an activating group) is 3. The molecule has 3 fully saturated rings. The molecular formula is C58H61Cl3F3N15O9S6. The second-order valence-electron chi connectivity index (χ2n) is 21.3. The van der Waals surface area contributed by atoms with Crippen LogP contribution in [-0.2, 0) is 66.2 Å². The molecule has 0 bridgehead atoms. The third-order valence-corrected chi connectivity index (χ3v) is 24.6. The number of thiophene rings is 3. The van der Waals surface area contributed by atoms with Crippen molar-refractivity contribution in [3.63, 3.8) is 0 Å². The van der Waals surface area contributed by atoms with Crippen LogP contribution in [0.25, 0.3) is 31.7 Å². The number of amides is 3. The molecule has 500 valence electrons. The van der Waals surface area contributed by atoms with Gasteiger partial charge in [-0.2, -0.15) is 67.6 Å². The number of carbonyl (C=O) groups is 3. The highest BCUT2D eigenvalue weighted by atomic mass is 35.5. The Labute approximate surface area is 567 Å². The molecule has 3 aliphatic rings. The van der Waals surface area contributed by atoms with Gasteiger partial charge in [0.05, 0.1) is 64.9 Å². The van der Waals surface area contributed by atoms with Gasteiger partial charge in [0, 0.05) is 92.6 Å². The molecule has 3 amide bonds. The number of hydrogen-bond acceptors (Lipinski definition) is 15. The summed E-state index contributed by atoms with van der Waals surface area (Å²) in [5.41, 5.74) is 3.59. The SMILES string of the molecule is C.CN1C(C(=O)Nc2ccc(F)c(Cl)c2)CC(c2ccc(-c3ccnn3C)s2)NS1(=O)=O.CN1[C@@H](C(=O)Nc2ccc(F)c(Cl)c2)C[C@@H](c2ccc(-c3ccnn3C)s2)NS1(=O)=O.CN1[C@H](C(=O)Nc2ccc(F)c(Cl)c2)C[C@H](c2ccc(-c3ccnn3C)s2)NS1(=O)=O. The smallest absolute Gasteiger partial charge is 0.280 e. The van der Waals surface area contributed by atoms with Crippen LogP contribution in [0.3, 0.4) is 0 Å². The normalized spacial score (nSPS) is 20.9. The molecule has 2 unspecified atom stereocenters. The Balaban J connectivity index is 0.000000165. The fraction of sp³-hybridized carbons (Fsp3) is 0.276. The third kappa shape index (κ3) is 16.0. The molecular weight excluding hydrogens is 1410 g/mol. The average molecular weight is 1470 g/mol. The zero-order valence-corrected chi connectivity index (χ0v) is 56.8. The van der Waals surface area contributed by atoms with Crippen molar-refractivity contribution in [1.82, 2.24) is 56.4 Å². The molecule has 12 rings (SSSR count). The summed E-state index contributed by atoms with van der Waals surface area (Å²) in [6.07, 6.45) is 5.74. The molecule has 6 N–H and O–H groups in total. The van der Waals surface area contributed by atoms with Gasteiger partial charge in [-0.1, -0.05) is 42.2 Å². The molecule has 9 heterocycles. The van der Waals surface area contributed by atoms with Crippen molar-refractivity contribution in [2.75, 3.05) is 37.1 Å². The van der Waals surface area contributed by atoms with Crippen LogP contribution in [0.15, 0.2) is 128 Å². The number of halogens is 6. The maximum atomic E-state index is 13.4. The maximum Gasteiger partial charge on any atom is 0.280 e. The Kier molecular flexibility index (Phi) is 22.2. The van der Waals surface area contributed by atoms with Gasteiger partial charge in [0.2, 0.25) is 17.7 Å². The van der Waals surface area contributed by atoms with Crippen LogP contribution in [0.5, 0.6) is 0 Å². The van der Waals surface area contributed by atoms with E-state index in [2.05, 4.69) is 45.4 Å². The van der Waals surface area contributed by atoms with Crippen molar-refractivity contribution in [3.8, 4) is 31.7 Å². The number of anilines is 3. The van der Waals surface area contributed by atoms with E-state index in [4.69, 9.17) is 34.8 Å². The van der Waals surface area contributed by atoms with E-state index in [1.165, 1.54) is 91.6 Å². The molecule has 94 heavy (non-hydrogen) atoms. The summed E-state index contributed by atoms with van der Waals surface area (Å²) >= 11 is 21.6. The average Bonchev–Trinajstić information content (AvgIpc) is 1.31. The highest BCUT2D eigenvalue weighted by Crippen LogP contribution is 2.40. The van der Waals surface area contributed by atoms with E-state index >= 15 is 0 Å². The first kappa shape index (κ1) is 71.4. The van der Waals surface area contributed by atoms with Gasteiger partial charge in [0.25, 0.3) is 30.6 Å². The molecule has 6 atom stereocenters. The van der Waals surface area contributed by atoms with Crippen LogP contribution >= 0.6 is 68.8 Å². The third-order valence-electron chi connectivity index (χ3n) is 15.3. The first-order chi connectivity index (χ1) is 44.0. The lowest BCUT2D eigenvalue weighted by molar-refractivity contribution is -0.120. The Morgan fingerprint density at radius 1 is 0.436 bits per heavy atom. The van der Waals surface area contributed by atoms with Crippen LogP contribution < -0.4 is 30.1 Å². The highest BCUT2D eigenvalue weighted by Gasteiger charge is 2.44. The van der Waals surface area contributed by atoms with Crippen molar-refractivity contribution >= 4 is 134 Å². The van der Waals surface area contributed by atoms with E-state index in [-0.39, 0.29) is 58.8 Å². The topological polar surface area (TPSA) is 289 Å². The monoisotopic (exact) mass is 1470 g/mol. The number of aromatic nitrogens is 6. The number of rotatable bonds is 12. The number of nitrogens with one attached hydrogen (secondary N) is 6. The largest absolute Gasteiger partial charge is 0.325 e. The molecule has 9 aromatic rings. The summed E-state index contributed by atoms with van der Waals surface area (Å²) in [7, 11) is -2.15. The number of aryl methyl sites for hydroxylation is 3. The predicted octanol–water partition coefficient (Wildman–Crippen LogP) is 10.1. The second-order valence-corrected chi connectivity index (χ2v) is 31.2. The number of hydrogen-bond donors (Lipinski definition) is 6. The van der Waals surface area contributed by atoms with Crippen LogP contribution in [0.1, 0.15) is 59.4 Å². The lowest BCUT2D eigenvalue weighted by Gasteiger charge is -2.35. The standard InChI is InChI=1S/3C19H19ClFN5O3S2.CH4/c3*1-25-15(7-8-22-25)18-6-5-17(30-18)14-10-16(26(2)31(28,29)24-14)19(27)23-11-3-4-13(21)12(20)9-11;/h3*3-9,14,16,24H,10H2,1-2H3,(H,23,27);1H4/t2*14-,16+;;/m10../s1. The van der Waals surface area contributed by atoms with Crippen LogP contribution in [-0.4, -0.2) is 125 Å². The zero-order chi connectivity index (χ0) is 67.0. The van der Waals surface area contributed by atoms with E-state index in [0.29, 0.717) is 0 Å². The quantitative estimate of drug-likeness (QED) is 0.0666. The van der Waals surface area contributed by atoms with Gasteiger partial charge in [-0.05, 0) is 128 Å². The summed E-state index contributed by atoms with van der Waals surface area (Å²) in [6, 6.07) is 23.6. The minimum atomic E-state index is -3.89. The van der Waals surface area contributed by atoms with Crippen molar-refractivity contribution < 1.29 is 52.8 Å². The van der Waals surface area contributed by atoms with Crippen molar-refractivity contribution in [3.05, 3.63) is 175 Å². The molecule has 0 radical (unpaired) electrons. The lowest BCUT2D eigenvalue weighted by atomic mass is 10.1. The molecule has 36 heteroatoms. The fourth-order valence-corrected chi connectivity index (χ4v) is 18.1. The van der Waals surface area contributed by atoms with E-state index in [0.717, 1.165) is 77.5 Å². The van der Waals surface area contributed by atoms with Crippen LogP contribution in [0.2, 0.25) is 15.1 Å². The van der Waals surface area contributed by atoms with Gasteiger partial charge in [-0.3, -0.25) is 28.4 Å². The highest BCUT2D eigenvalue weighted by molar-refractivity contribution is 7.87. The van der Waals surface area contributed by atoms with E-state index < -0.39 is 102 Å². The van der Waals surface area contributed by atoms with Gasteiger partial charge in [-0.25, -0.2) is 13.2 Å². The minimum Gasteiger partial charge on any atom is -0.325 e. The van der Waals surface area contributed by atoms with Crippen molar-refractivity contribution in [1.29, 1.82) is 0 Å². The summed E-state index contributed by atoms with van der Waals surface area (Å²) < 4.78 is 132. The first-order valence-corrected chi connectivity index (χ1v) is 35.6. The maximum absolute atomic E-state index is 13.4. The summed E-state index contributed by atoms with van der Waals surface area (Å²) in [5.74, 6) is -3.40. The summed E-state index contributed by atoms with van der Waals surface area (Å²) in [4.78, 5) is 43.8. The predicted molar refractivity (Wildman–Crippen MR) is 359 cm³/mol. The van der Waals surface area contributed by atoms with E-state index in [9.17, 15) is 52.8 Å². The second kappa shape index (κ2) is 29.2. The van der Waals surface area contributed by atoms with Gasteiger partial charge < -0.3 is 16.0 Å². The van der Waals surface area contributed by atoms with Gasteiger partial charge in [-0.15, -0.1) is 34.0 Å². The molecule has 0 saturated carbocycles. The molecule has 3 aliphatic heterocycles. The molecule has 6 aromatic heterocycles. The van der Waals surface area contributed by atoms with E-state index in [1.54, 1.807) is 32.6 Å². The Bertz CT molecular complexity index is 4190. The van der Waals surface area contributed by atoms with Gasteiger partial charge in [0.1, 0.15) is 35.6 Å². The Hall–Kier alpha value is -6.93. The minimum absolute atomic E-state index is 0. The van der Waals surface area contributed by atoms with E-state index in [1.807, 2.05) is 75.7 Å². The fourth-order valence-electron chi connectivity index (χ4n) is 10.2. The summed E-state index contributed by atoms with van der Waals surface area (Å²) in [6.45, 7) is 0. The van der Waals surface area contributed by atoms with Crippen molar-refractivity contribution in [2.24, 2.45) is 21.1 Å². The van der Waals surface area contributed by atoms with Gasteiger partial charge >= 0.3 is 0 Å². The Morgan fingerprint density at radius 3 is 0.915 bits per heavy atom.